The van der Waals surface area contributed by atoms with Crippen LogP contribution in [0.5, 0.6) is 0 Å². The third kappa shape index (κ3) is 6.18. The maximum atomic E-state index is 2.55. The lowest BCUT2D eigenvalue weighted by atomic mass is 10.1. The Kier molecular flexibility index (Phi) is 9.36. The minimum Gasteiger partial charge on any atom is -0.333 e. The van der Waals surface area contributed by atoms with Gasteiger partial charge >= 0.3 is 0 Å². The highest BCUT2D eigenvalue weighted by Crippen LogP contribution is 2.46. The van der Waals surface area contributed by atoms with Crippen molar-refractivity contribution in [2.45, 2.75) is 12.5 Å². The first-order valence-corrected chi connectivity index (χ1v) is 29.2. The smallest absolute Gasteiger partial charge is 0.0641 e. The number of allylic oxidation sites excluding steroid dienone is 4. The fraction of sp³-hybridized carbons (Fsp3) is 0.0256. The topological polar surface area (TPSA) is 29.6 Å². The van der Waals surface area contributed by atoms with Gasteiger partial charge in [-0.3, -0.25) is 0 Å². The summed E-state index contributed by atoms with van der Waals surface area (Å²) < 4.78 is 15.0. The van der Waals surface area contributed by atoms with Gasteiger partial charge in [-0.05, 0) is 116 Å². The number of para-hydroxylation sites is 8. The molecule has 1 aliphatic carbocycles. The molecule has 19 rings (SSSR count). The molecule has 392 valence electrons. The molecule has 0 bridgehead atoms. The summed E-state index contributed by atoms with van der Waals surface area (Å²) in [5.41, 5.74) is 20.0. The second-order valence-corrected chi connectivity index (χ2v) is 22.7. The van der Waals surface area contributed by atoms with E-state index in [4.69, 9.17) is 0 Å². The first-order chi connectivity index (χ1) is 41.7. The van der Waals surface area contributed by atoms with Crippen LogP contribution in [0.2, 0.25) is 0 Å². The fourth-order valence-corrected chi connectivity index (χ4v) is 15.1. The number of hydrogen-bond acceptors (Lipinski definition) is 0. The van der Waals surface area contributed by atoms with E-state index in [9.17, 15) is 0 Å². The SMILES string of the molecule is C1=CC(n2c3ccccc3c3c2ccc2c4ccccc4n(-c4cccc(-n5c6ccccc6c6c5ccc5c7ccccc7n(-c7cccc(-n8c9ccccc9c9ccccc98)c7)c56)c4)c23)=CC(n2c3ccccc3c3ccccc32)C1. The summed E-state index contributed by atoms with van der Waals surface area (Å²) in [7, 11) is 0. The molecule has 1 aliphatic rings. The summed E-state index contributed by atoms with van der Waals surface area (Å²) in [5, 5.41) is 14.9. The molecule has 84 heavy (non-hydrogen) atoms. The molecule has 12 aromatic carbocycles. The molecule has 6 aromatic heterocycles. The molecule has 0 N–H and O–H groups in total. The molecule has 0 saturated heterocycles. The molecule has 6 heteroatoms. The van der Waals surface area contributed by atoms with Crippen LogP contribution in [0.1, 0.15) is 12.5 Å². The number of aromatic nitrogens is 6. The predicted octanol–water partition coefficient (Wildman–Crippen LogP) is 20.3. The van der Waals surface area contributed by atoms with Crippen LogP contribution >= 0.6 is 0 Å². The van der Waals surface area contributed by atoms with Crippen LogP contribution in [-0.2, 0) is 0 Å². The zero-order valence-corrected chi connectivity index (χ0v) is 45.6. The largest absolute Gasteiger partial charge is 0.333 e. The monoisotopic (exact) mass is 1070 g/mol. The van der Waals surface area contributed by atoms with Crippen molar-refractivity contribution in [2.24, 2.45) is 0 Å². The Bertz CT molecular complexity index is 5810. The third-order valence-electron chi connectivity index (χ3n) is 18.4. The van der Waals surface area contributed by atoms with E-state index in [0.29, 0.717) is 0 Å². The number of hydrogen-bond donors (Lipinski definition) is 0. The quantitative estimate of drug-likeness (QED) is 0.159. The van der Waals surface area contributed by atoms with E-state index >= 15 is 0 Å². The molecule has 0 fully saturated rings. The number of rotatable bonds is 6. The van der Waals surface area contributed by atoms with Crippen molar-refractivity contribution in [3.05, 3.63) is 285 Å². The van der Waals surface area contributed by atoms with Gasteiger partial charge in [0.2, 0.25) is 0 Å². The van der Waals surface area contributed by atoms with E-state index in [0.717, 1.165) is 40.2 Å². The third-order valence-corrected chi connectivity index (χ3v) is 18.4. The van der Waals surface area contributed by atoms with E-state index in [1.165, 1.54) is 125 Å². The Morgan fingerprint density at radius 1 is 0.250 bits per heavy atom. The molecule has 18 aromatic rings. The lowest BCUT2D eigenvalue weighted by molar-refractivity contribution is 0.647. The molecule has 0 radical (unpaired) electrons. The van der Waals surface area contributed by atoms with E-state index in [1.54, 1.807) is 0 Å². The molecule has 6 nitrogen and oxygen atoms in total. The average molecular weight is 1070 g/mol. The molecule has 1 unspecified atom stereocenters. The highest BCUT2D eigenvalue weighted by Gasteiger charge is 2.26. The zero-order valence-electron chi connectivity index (χ0n) is 45.6. The minimum atomic E-state index is 0.132. The Morgan fingerprint density at radius 2 is 0.571 bits per heavy atom. The molecule has 0 amide bonds. The van der Waals surface area contributed by atoms with E-state index in [2.05, 4.69) is 313 Å². The number of benzene rings is 12. The van der Waals surface area contributed by atoms with Crippen LogP contribution in [0.4, 0.5) is 0 Å². The van der Waals surface area contributed by atoms with Crippen LogP contribution in [0, 0.1) is 0 Å². The van der Waals surface area contributed by atoms with Crippen LogP contribution in [-0.4, -0.2) is 27.4 Å². The second kappa shape index (κ2) is 17.2. The van der Waals surface area contributed by atoms with Gasteiger partial charge in [0.15, 0.2) is 0 Å². The highest BCUT2D eigenvalue weighted by atomic mass is 15.1. The maximum Gasteiger partial charge on any atom is 0.0641 e. The van der Waals surface area contributed by atoms with Crippen LogP contribution in [0.15, 0.2) is 285 Å². The van der Waals surface area contributed by atoms with Gasteiger partial charge in [-0.1, -0.05) is 176 Å². The summed E-state index contributed by atoms with van der Waals surface area (Å²) in [4.78, 5) is 0. The maximum absolute atomic E-state index is 2.55. The van der Waals surface area contributed by atoms with Crippen molar-refractivity contribution in [3.8, 4) is 22.7 Å². The van der Waals surface area contributed by atoms with Gasteiger partial charge in [-0.2, -0.15) is 0 Å². The molecular formula is C78H50N6. The van der Waals surface area contributed by atoms with Crippen molar-refractivity contribution < 1.29 is 0 Å². The molecule has 0 saturated carbocycles. The Hall–Kier alpha value is -11.1. The van der Waals surface area contributed by atoms with Crippen LogP contribution in [0.3, 0.4) is 0 Å². The molecule has 1 atom stereocenters. The van der Waals surface area contributed by atoms with Crippen molar-refractivity contribution in [1.29, 1.82) is 0 Å². The summed E-state index contributed by atoms with van der Waals surface area (Å²) in [5.74, 6) is 0. The van der Waals surface area contributed by atoms with E-state index < -0.39 is 0 Å². The van der Waals surface area contributed by atoms with Crippen LogP contribution < -0.4 is 0 Å². The van der Waals surface area contributed by atoms with Crippen LogP contribution in [0.25, 0.3) is 159 Å². The van der Waals surface area contributed by atoms with Crippen molar-refractivity contribution >= 4 is 137 Å². The Labute approximate surface area is 481 Å². The first-order valence-electron chi connectivity index (χ1n) is 29.2. The first kappa shape index (κ1) is 45.6. The summed E-state index contributed by atoms with van der Waals surface area (Å²) in [6.45, 7) is 0. The lowest BCUT2D eigenvalue weighted by Crippen LogP contribution is -2.10. The molecule has 0 spiro atoms. The summed E-state index contributed by atoms with van der Waals surface area (Å²) >= 11 is 0. The Morgan fingerprint density at radius 3 is 1.02 bits per heavy atom. The Balaban J connectivity index is 0.822. The fourth-order valence-electron chi connectivity index (χ4n) is 15.1. The standard InChI is InChI=1S/C78H50N6/c1-9-34-65-55(26-1)56-27-2-10-35-66(56)79(65)49-20-17-22-51(46-49)81-71-40-15-7-32-63(71)75-73(81)44-42-62-60-31-6-14-39-70(60)84(78(62)75)54-25-19-23-52(48-54)82-72-41-16-8-33-64(72)76-74(82)45-43-61-59-30-5-13-38-69(59)83(77(61)76)53-24-18-21-50(47-53)80-67-36-11-3-28-57(67)58-29-4-12-37-68(58)80/h1-19,21-49H,20H2. The summed E-state index contributed by atoms with van der Waals surface area (Å²) in [6, 6.07) is 99.1. The number of nitrogens with zero attached hydrogens (tertiary/aromatic N) is 6. The normalized spacial score (nSPS) is 14.0. The molecule has 0 aliphatic heterocycles. The van der Waals surface area contributed by atoms with Gasteiger partial charge in [-0.25, -0.2) is 0 Å². The summed E-state index contributed by atoms with van der Waals surface area (Å²) in [6.07, 6.45) is 8.12. The van der Waals surface area contributed by atoms with Gasteiger partial charge in [0.1, 0.15) is 0 Å². The minimum absolute atomic E-state index is 0.132. The predicted molar refractivity (Wildman–Crippen MR) is 353 cm³/mol. The van der Waals surface area contributed by atoms with E-state index in [1.807, 2.05) is 0 Å². The van der Waals surface area contributed by atoms with Crippen molar-refractivity contribution in [3.63, 3.8) is 0 Å². The van der Waals surface area contributed by atoms with Gasteiger partial charge in [0, 0.05) is 104 Å². The van der Waals surface area contributed by atoms with Gasteiger partial charge in [0.05, 0.1) is 61.2 Å². The lowest BCUT2D eigenvalue weighted by Gasteiger charge is -2.22. The average Bonchev–Trinajstić information content (AvgIpc) is 2.20. The van der Waals surface area contributed by atoms with Crippen molar-refractivity contribution in [1.82, 2.24) is 27.4 Å². The highest BCUT2D eigenvalue weighted by molar-refractivity contribution is 6.28. The zero-order chi connectivity index (χ0) is 54.7. The second-order valence-electron chi connectivity index (χ2n) is 22.7. The van der Waals surface area contributed by atoms with Gasteiger partial charge in [0.25, 0.3) is 0 Å². The number of fused-ring (bicyclic) bond motifs is 20. The molecular weight excluding hydrogens is 1020 g/mol. The molecule has 6 heterocycles. The van der Waals surface area contributed by atoms with E-state index in [-0.39, 0.29) is 6.04 Å². The van der Waals surface area contributed by atoms with Crippen molar-refractivity contribution in [2.75, 3.05) is 0 Å². The van der Waals surface area contributed by atoms with Gasteiger partial charge in [-0.15, -0.1) is 0 Å². The van der Waals surface area contributed by atoms with Gasteiger partial charge < -0.3 is 27.4 Å².